The van der Waals surface area contributed by atoms with Crippen LogP contribution >= 0.6 is 23.2 Å². The first-order valence-electron chi connectivity index (χ1n) is 4.22. The monoisotopic (exact) mass is 257 g/mol. The molecule has 0 atom stereocenters. The Morgan fingerprint density at radius 2 is 2.12 bits per heavy atom. The van der Waals surface area contributed by atoms with Gasteiger partial charge in [0.1, 0.15) is 0 Å². The highest BCUT2D eigenvalue weighted by Gasteiger charge is 2.14. The van der Waals surface area contributed by atoms with Crippen molar-refractivity contribution in [3.8, 4) is 11.5 Å². The quantitative estimate of drug-likeness (QED) is 0.897. The summed E-state index contributed by atoms with van der Waals surface area (Å²) in [6, 6.07) is 4.76. The summed E-state index contributed by atoms with van der Waals surface area (Å²) in [6.45, 7) is 0. The van der Waals surface area contributed by atoms with Gasteiger partial charge in [-0.05, 0) is 18.2 Å². The number of aromatic nitrogens is 1. The molecule has 1 aromatic heterocycles. The van der Waals surface area contributed by atoms with Crippen molar-refractivity contribution in [3.63, 3.8) is 0 Å². The molecule has 82 valence electrons. The molecule has 0 amide bonds. The third kappa shape index (κ3) is 2.03. The number of hydrogen-bond donors (Lipinski definition) is 1. The molecule has 2 rings (SSSR count). The van der Waals surface area contributed by atoms with E-state index in [4.69, 9.17) is 32.7 Å². The predicted octanol–water partition coefficient (Wildman–Crippen LogP) is 3.35. The van der Waals surface area contributed by atoms with Gasteiger partial charge in [0.25, 0.3) is 0 Å². The Kier molecular flexibility index (Phi) is 2.85. The zero-order chi connectivity index (χ0) is 11.7. The van der Waals surface area contributed by atoms with E-state index in [2.05, 4.69) is 4.98 Å². The molecule has 2 aromatic rings. The molecule has 0 spiro atoms. The molecule has 0 bridgehead atoms. The van der Waals surface area contributed by atoms with E-state index in [-0.39, 0.29) is 11.7 Å². The van der Waals surface area contributed by atoms with E-state index in [9.17, 15) is 4.79 Å². The molecule has 16 heavy (non-hydrogen) atoms. The number of carboxylic acid groups (broad SMARTS) is 1. The van der Waals surface area contributed by atoms with Gasteiger partial charge in [-0.15, -0.1) is 0 Å². The Bertz CT molecular complexity index is 551. The lowest BCUT2D eigenvalue weighted by atomic mass is 10.2. The van der Waals surface area contributed by atoms with Crippen molar-refractivity contribution < 1.29 is 14.3 Å². The Morgan fingerprint density at radius 3 is 2.75 bits per heavy atom. The normalized spacial score (nSPS) is 10.4. The van der Waals surface area contributed by atoms with Crippen LogP contribution in [0, 0.1) is 0 Å². The summed E-state index contributed by atoms with van der Waals surface area (Å²) in [5, 5.41) is 9.54. The van der Waals surface area contributed by atoms with Crippen LogP contribution in [0.25, 0.3) is 11.5 Å². The van der Waals surface area contributed by atoms with E-state index in [0.717, 1.165) is 6.20 Å². The van der Waals surface area contributed by atoms with Crippen LogP contribution in [-0.4, -0.2) is 16.1 Å². The number of halogens is 2. The molecule has 0 saturated heterocycles. The van der Waals surface area contributed by atoms with E-state index >= 15 is 0 Å². The molecule has 0 unspecified atom stereocenters. The summed E-state index contributed by atoms with van der Waals surface area (Å²) in [4.78, 5) is 14.4. The predicted molar refractivity (Wildman–Crippen MR) is 58.9 cm³/mol. The van der Waals surface area contributed by atoms with Crippen LogP contribution < -0.4 is 0 Å². The van der Waals surface area contributed by atoms with Gasteiger partial charge in [-0.1, -0.05) is 23.2 Å². The summed E-state index contributed by atoms with van der Waals surface area (Å²) in [7, 11) is 0. The van der Waals surface area contributed by atoms with Crippen molar-refractivity contribution in [2.75, 3.05) is 0 Å². The number of aromatic carboxylic acids is 1. The van der Waals surface area contributed by atoms with Gasteiger partial charge in [0.2, 0.25) is 11.7 Å². The number of carboxylic acids is 1. The van der Waals surface area contributed by atoms with Crippen LogP contribution in [0.1, 0.15) is 10.6 Å². The molecule has 1 N–H and O–H groups in total. The van der Waals surface area contributed by atoms with Gasteiger partial charge in [0, 0.05) is 5.02 Å². The Labute approximate surface area is 100 Å². The Hall–Kier alpha value is -1.52. The minimum Gasteiger partial charge on any atom is -0.475 e. The van der Waals surface area contributed by atoms with E-state index in [0.29, 0.717) is 15.6 Å². The maximum absolute atomic E-state index is 10.6. The molecule has 6 heteroatoms. The molecule has 1 heterocycles. The summed E-state index contributed by atoms with van der Waals surface area (Å²) in [5.41, 5.74) is 0.460. The van der Waals surface area contributed by atoms with Crippen molar-refractivity contribution in [3.05, 3.63) is 40.2 Å². The van der Waals surface area contributed by atoms with Gasteiger partial charge >= 0.3 is 5.97 Å². The second-order valence-electron chi connectivity index (χ2n) is 2.96. The molecule has 0 saturated carbocycles. The first-order chi connectivity index (χ1) is 7.58. The van der Waals surface area contributed by atoms with E-state index in [1.165, 1.54) is 0 Å². The highest BCUT2D eigenvalue weighted by molar-refractivity contribution is 6.35. The average molecular weight is 258 g/mol. The maximum Gasteiger partial charge on any atom is 0.373 e. The Morgan fingerprint density at radius 1 is 1.38 bits per heavy atom. The minimum absolute atomic E-state index is 0.130. The molecular weight excluding hydrogens is 253 g/mol. The van der Waals surface area contributed by atoms with Crippen LogP contribution in [0.2, 0.25) is 10.0 Å². The second kappa shape index (κ2) is 4.15. The number of oxazole rings is 1. The second-order valence-corrected chi connectivity index (χ2v) is 3.80. The van der Waals surface area contributed by atoms with Crippen molar-refractivity contribution in [2.45, 2.75) is 0 Å². The fraction of sp³-hybridized carbons (Fsp3) is 0. The summed E-state index contributed by atoms with van der Waals surface area (Å²) < 4.78 is 5.01. The molecule has 0 aliphatic carbocycles. The molecular formula is C10H5Cl2NO3. The first-order valence-corrected chi connectivity index (χ1v) is 4.98. The molecule has 0 aliphatic heterocycles. The number of carbonyl (C=O) groups is 1. The van der Waals surface area contributed by atoms with Gasteiger partial charge in [0.05, 0.1) is 16.8 Å². The lowest BCUT2D eigenvalue weighted by Crippen LogP contribution is -1.91. The van der Waals surface area contributed by atoms with E-state index in [1.54, 1.807) is 18.2 Å². The van der Waals surface area contributed by atoms with E-state index < -0.39 is 5.97 Å². The van der Waals surface area contributed by atoms with Crippen LogP contribution in [0.4, 0.5) is 0 Å². The van der Waals surface area contributed by atoms with Crippen LogP contribution in [-0.2, 0) is 0 Å². The zero-order valence-electron chi connectivity index (χ0n) is 7.78. The smallest absolute Gasteiger partial charge is 0.373 e. The van der Waals surface area contributed by atoms with Gasteiger partial charge in [0.15, 0.2) is 0 Å². The van der Waals surface area contributed by atoms with Gasteiger partial charge in [-0.25, -0.2) is 9.78 Å². The minimum atomic E-state index is -1.18. The van der Waals surface area contributed by atoms with Crippen LogP contribution in [0.3, 0.4) is 0 Å². The number of rotatable bonds is 2. The zero-order valence-corrected chi connectivity index (χ0v) is 9.29. The number of benzene rings is 1. The van der Waals surface area contributed by atoms with Crippen molar-refractivity contribution >= 4 is 29.2 Å². The molecule has 4 nitrogen and oxygen atoms in total. The van der Waals surface area contributed by atoms with Gasteiger partial charge in [-0.2, -0.15) is 0 Å². The fourth-order valence-corrected chi connectivity index (χ4v) is 1.53. The highest BCUT2D eigenvalue weighted by Crippen LogP contribution is 2.30. The topological polar surface area (TPSA) is 63.3 Å². The maximum atomic E-state index is 10.6. The van der Waals surface area contributed by atoms with Crippen LogP contribution in [0.15, 0.2) is 28.8 Å². The van der Waals surface area contributed by atoms with Crippen LogP contribution in [0.5, 0.6) is 0 Å². The average Bonchev–Trinajstić information content (AvgIpc) is 2.70. The number of nitrogens with zero attached hydrogens (tertiary/aromatic N) is 1. The summed E-state index contributed by atoms with van der Waals surface area (Å²) in [6.07, 6.45) is 1.12. The number of hydrogen-bond acceptors (Lipinski definition) is 3. The Balaban J connectivity index is 2.50. The van der Waals surface area contributed by atoms with Crippen molar-refractivity contribution in [1.82, 2.24) is 4.98 Å². The third-order valence-corrected chi connectivity index (χ3v) is 2.44. The highest BCUT2D eigenvalue weighted by atomic mass is 35.5. The largest absolute Gasteiger partial charge is 0.475 e. The molecule has 0 aliphatic rings. The van der Waals surface area contributed by atoms with Crippen molar-refractivity contribution in [1.29, 1.82) is 0 Å². The lowest BCUT2D eigenvalue weighted by molar-refractivity contribution is 0.0663. The standard InChI is InChI=1S/C10H5Cl2NO3/c11-5-1-2-7(12)6(3-5)9-13-4-8(16-9)10(14)15/h1-4H,(H,14,15). The third-order valence-electron chi connectivity index (χ3n) is 1.88. The van der Waals surface area contributed by atoms with Gasteiger partial charge < -0.3 is 9.52 Å². The summed E-state index contributed by atoms with van der Waals surface area (Å²) >= 11 is 11.7. The molecule has 0 fully saturated rings. The molecule has 0 radical (unpaired) electrons. The van der Waals surface area contributed by atoms with Crippen molar-refractivity contribution in [2.24, 2.45) is 0 Å². The summed E-state index contributed by atoms with van der Waals surface area (Å²) in [5.74, 6) is -1.30. The first kappa shape index (κ1) is 11.0. The molecule has 1 aromatic carbocycles. The fourth-order valence-electron chi connectivity index (χ4n) is 1.16. The lowest BCUT2D eigenvalue weighted by Gasteiger charge is -1.99. The van der Waals surface area contributed by atoms with E-state index in [1.807, 2.05) is 0 Å². The van der Waals surface area contributed by atoms with Gasteiger partial charge in [-0.3, -0.25) is 0 Å². The SMILES string of the molecule is O=C(O)c1cnc(-c2cc(Cl)ccc2Cl)o1.